The minimum atomic E-state index is -0.946. The van der Waals surface area contributed by atoms with Crippen molar-refractivity contribution in [2.75, 3.05) is 37.7 Å². The number of hydrogen-bond donors (Lipinski definition) is 1. The number of halogens is 1. The van der Waals surface area contributed by atoms with Crippen LogP contribution < -0.4 is 9.64 Å². The van der Waals surface area contributed by atoms with Crippen molar-refractivity contribution in [3.63, 3.8) is 0 Å². The summed E-state index contributed by atoms with van der Waals surface area (Å²) in [4.78, 5) is 26.8. The largest absolute Gasteiger partial charge is 0.490 e. The second-order valence-corrected chi connectivity index (χ2v) is 12.6. The van der Waals surface area contributed by atoms with Crippen molar-refractivity contribution in [3.8, 4) is 28.1 Å². The van der Waals surface area contributed by atoms with Gasteiger partial charge >= 0.3 is 5.97 Å². The van der Waals surface area contributed by atoms with Crippen molar-refractivity contribution in [3.05, 3.63) is 58.7 Å². The number of ether oxygens (including phenoxy) is 1. The maximum absolute atomic E-state index is 15.5. The van der Waals surface area contributed by atoms with Crippen LogP contribution in [0, 0.1) is 19.7 Å². The minimum Gasteiger partial charge on any atom is -0.490 e. The van der Waals surface area contributed by atoms with E-state index in [4.69, 9.17) is 14.7 Å². The average Bonchev–Trinajstić information content (AvgIpc) is 3.14. The van der Waals surface area contributed by atoms with Crippen molar-refractivity contribution < 1.29 is 19.0 Å². The van der Waals surface area contributed by atoms with Crippen LogP contribution in [0.4, 0.5) is 10.2 Å². The molecule has 7 rings (SSSR count). The number of carbonyl (C=O) groups is 1. The predicted octanol–water partition coefficient (Wildman–Crippen LogP) is 6.07. The molecule has 5 heterocycles. The number of carboxylic acids is 1. The summed E-state index contributed by atoms with van der Waals surface area (Å²) in [5, 5.41) is 10.7. The summed E-state index contributed by atoms with van der Waals surface area (Å²) in [6.07, 6.45) is 8.33. The Labute approximate surface area is 257 Å². The van der Waals surface area contributed by atoms with Gasteiger partial charge in [0.15, 0.2) is 11.6 Å². The molecule has 0 bridgehead atoms. The molecule has 44 heavy (non-hydrogen) atoms. The topological polar surface area (TPSA) is 83.7 Å². The van der Waals surface area contributed by atoms with E-state index in [9.17, 15) is 9.90 Å². The Balaban J connectivity index is 1.33. The smallest absolute Gasteiger partial charge is 0.307 e. The zero-order valence-corrected chi connectivity index (χ0v) is 25.8. The number of fused-ring (bicyclic) bond motifs is 2. The van der Waals surface area contributed by atoms with Crippen molar-refractivity contribution in [2.24, 2.45) is 7.05 Å². The van der Waals surface area contributed by atoms with Crippen LogP contribution in [-0.2, 0) is 24.7 Å². The summed E-state index contributed by atoms with van der Waals surface area (Å²) in [7, 11) is 1.99. The van der Waals surface area contributed by atoms with Gasteiger partial charge < -0.3 is 19.3 Å². The maximum atomic E-state index is 15.5. The quantitative estimate of drug-likeness (QED) is 0.289. The number of benzene rings is 1. The highest BCUT2D eigenvalue weighted by molar-refractivity contribution is 6.01. The Morgan fingerprint density at radius 1 is 1.09 bits per heavy atom. The van der Waals surface area contributed by atoms with Gasteiger partial charge in [-0.3, -0.25) is 9.69 Å². The monoisotopic (exact) mass is 597 g/mol. The van der Waals surface area contributed by atoms with E-state index < -0.39 is 11.8 Å². The number of aromatic nitrogens is 3. The highest BCUT2D eigenvalue weighted by Gasteiger charge is 2.28. The molecule has 0 radical (unpaired) electrons. The van der Waals surface area contributed by atoms with Crippen LogP contribution in [-0.4, -0.2) is 69.3 Å². The third-order valence-electron chi connectivity index (χ3n) is 10.0. The molecule has 3 aromatic heterocycles. The molecule has 1 N–H and O–H groups in total. The van der Waals surface area contributed by atoms with E-state index in [-0.39, 0.29) is 6.42 Å². The summed E-state index contributed by atoms with van der Waals surface area (Å²) < 4.78 is 23.3. The summed E-state index contributed by atoms with van der Waals surface area (Å²) >= 11 is 0. The van der Waals surface area contributed by atoms with Gasteiger partial charge in [0.1, 0.15) is 11.5 Å². The molecule has 1 saturated carbocycles. The maximum Gasteiger partial charge on any atom is 0.307 e. The van der Waals surface area contributed by atoms with Crippen molar-refractivity contribution in [2.45, 2.75) is 64.8 Å². The standard InChI is InChI=1S/C35H40FN5O3/c1-21-25-9-5-16-44-34(25)29(36)18-26(21)33-27(20-32(42)43)22(2)38-35-28(33)19-30(39(35)3)23-10-11-37-31(17-23)41-13-6-12-40(14-15-41)24-7-4-8-24/h10-11,17-19,24H,4-9,12-16,20H2,1-3H3,(H,42,43). The molecule has 0 unspecified atom stereocenters. The number of aliphatic carboxylic acids is 1. The Hall–Kier alpha value is -3.98. The second-order valence-electron chi connectivity index (χ2n) is 12.6. The second kappa shape index (κ2) is 11.5. The molecular formula is C35H40FN5O3. The van der Waals surface area contributed by atoms with E-state index in [0.717, 1.165) is 96.3 Å². The molecule has 1 aromatic carbocycles. The number of anilines is 1. The third kappa shape index (κ3) is 5.01. The molecule has 1 aliphatic carbocycles. The van der Waals surface area contributed by atoms with Gasteiger partial charge in [0.25, 0.3) is 0 Å². The van der Waals surface area contributed by atoms with Gasteiger partial charge in [0.2, 0.25) is 0 Å². The van der Waals surface area contributed by atoms with E-state index >= 15 is 4.39 Å². The number of hydrogen-bond acceptors (Lipinski definition) is 6. The van der Waals surface area contributed by atoms with Crippen molar-refractivity contribution in [1.29, 1.82) is 0 Å². The van der Waals surface area contributed by atoms with E-state index in [1.54, 1.807) is 0 Å². The van der Waals surface area contributed by atoms with Crippen LogP contribution in [0.25, 0.3) is 33.4 Å². The number of nitrogens with zero attached hydrogens (tertiary/aromatic N) is 5. The molecular weight excluding hydrogens is 557 g/mol. The third-order valence-corrected chi connectivity index (χ3v) is 10.0. The van der Waals surface area contributed by atoms with Gasteiger partial charge in [0.05, 0.1) is 18.7 Å². The fraction of sp³-hybridized carbons (Fsp3) is 0.457. The normalized spacial score (nSPS) is 17.7. The molecule has 4 aromatic rings. The summed E-state index contributed by atoms with van der Waals surface area (Å²) in [5.41, 5.74) is 7.16. The first-order valence-corrected chi connectivity index (χ1v) is 15.9. The molecule has 0 amide bonds. The van der Waals surface area contributed by atoms with Gasteiger partial charge in [-0.1, -0.05) is 6.42 Å². The highest BCUT2D eigenvalue weighted by atomic mass is 19.1. The van der Waals surface area contributed by atoms with Crippen LogP contribution in [0.15, 0.2) is 30.5 Å². The number of pyridine rings is 2. The Kier molecular flexibility index (Phi) is 7.52. The molecule has 1 saturated heterocycles. The molecule has 2 fully saturated rings. The van der Waals surface area contributed by atoms with E-state index in [1.165, 1.54) is 25.3 Å². The SMILES string of the molecule is Cc1nc2c(cc(-c3ccnc(N4CCCN(C5CCC5)CC4)c3)n2C)c(-c2cc(F)c3c(c2C)CCCO3)c1CC(=O)O. The summed E-state index contributed by atoms with van der Waals surface area (Å²) in [5.74, 6) is -0.0703. The summed E-state index contributed by atoms with van der Waals surface area (Å²) in [6, 6.07) is 8.51. The average molecular weight is 598 g/mol. The fourth-order valence-corrected chi connectivity index (χ4v) is 7.39. The van der Waals surface area contributed by atoms with E-state index in [2.05, 4.69) is 26.5 Å². The Bertz CT molecular complexity index is 1760. The van der Waals surface area contributed by atoms with Crippen LogP contribution in [0.2, 0.25) is 0 Å². The van der Waals surface area contributed by atoms with Crippen molar-refractivity contribution in [1.82, 2.24) is 19.4 Å². The van der Waals surface area contributed by atoms with Crippen LogP contribution in [0.1, 0.15) is 54.5 Å². The molecule has 9 heteroatoms. The van der Waals surface area contributed by atoms with Crippen LogP contribution in [0.5, 0.6) is 5.75 Å². The first kappa shape index (κ1) is 28.8. The summed E-state index contributed by atoms with van der Waals surface area (Å²) in [6.45, 7) is 8.47. The molecule has 3 aliphatic rings. The molecule has 8 nitrogen and oxygen atoms in total. The first-order valence-electron chi connectivity index (χ1n) is 15.9. The number of aryl methyl sites for hydroxylation is 2. The molecule has 2 aliphatic heterocycles. The lowest BCUT2D eigenvalue weighted by molar-refractivity contribution is -0.136. The lowest BCUT2D eigenvalue weighted by atomic mass is 9.87. The van der Waals surface area contributed by atoms with Gasteiger partial charge in [-0.25, -0.2) is 14.4 Å². The number of rotatable bonds is 6. The lowest BCUT2D eigenvalue weighted by Gasteiger charge is -2.36. The number of carboxylic acid groups (broad SMARTS) is 1. The fourth-order valence-electron chi connectivity index (χ4n) is 7.39. The molecule has 0 spiro atoms. The predicted molar refractivity (Wildman–Crippen MR) is 170 cm³/mol. The molecule has 0 atom stereocenters. The Morgan fingerprint density at radius 2 is 1.93 bits per heavy atom. The van der Waals surface area contributed by atoms with Gasteiger partial charge in [-0.05, 0) is 92.5 Å². The zero-order valence-electron chi connectivity index (χ0n) is 25.8. The van der Waals surface area contributed by atoms with Crippen molar-refractivity contribution >= 4 is 22.8 Å². The van der Waals surface area contributed by atoms with E-state index in [1.807, 2.05) is 33.2 Å². The lowest BCUT2D eigenvalue weighted by Crippen LogP contribution is -2.42. The van der Waals surface area contributed by atoms with Gasteiger partial charge in [-0.2, -0.15) is 0 Å². The van der Waals surface area contributed by atoms with Crippen LogP contribution in [0.3, 0.4) is 0 Å². The van der Waals surface area contributed by atoms with Crippen LogP contribution >= 0.6 is 0 Å². The zero-order chi connectivity index (χ0) is 30.5. The minimum absolute atomic E-state index is 0.199. The molecule has 230 valence electrons. The van der Waals surface area contributed by atoms with Gasteiger partial charge in [-0.15, -0.1) is 0 Å². The van der Waals surface area contributed by atoms with E-state index in [0.29, 0.717) is 29.2 Å². The van der Waals surface area contributed by atoms with Gasteiger partial charge in [0, 0.05) is 67.7 Å². The Morgan fingerprint density at radius 3 is 2.70 bits per heavy atom. The first-order chi connectivity index (χ1) is 21.3. The highest BCUT2D eigenvalue weighted by Crippen LogP contribution is 2.43.